The Labute approximate surface area is 142 Å². The van der Waals surface area contributed by atoms with Gasteiger partial charge >= 0.3 is 0 Å². The van der Waals surface area contributed by atoms with Crippen LogP contribution in [0.1, 0.15) is 24.3 Å². The molecule has 1 heterocycles. The van der Waals surface area contributed by atoms with E-state index in [9.17, 15) is 14.9 Å². The minimum absolute atomic E-state index is 0.0432. The van der Waals surface area contributed by atoms with Crippen molar-refractivity contribution in [1.29, 1.82) is 0 Å². The quantitative estimate of drug-likeness (QED) is 0.629. The number of nitro benzene ring substituents is 1. The first-order chi connectivity index (χ1) is 11.5. The average molecular weight is 346 g/mol. The molecule has 122 valence electrons. The molecule has 7 nitrogen and oxygen atoms in total. The highest BCUT2D eigenvalue weighted by Gasteiger charge is 2.33. The largest absolute Gasteiger partial charge is 0.446 e. The number of ether oxygens (including phenoxy) is 1. The van der Waals surface area contributed by atoms with E-state index < -0.39 is 11.2 Å². The van der Waals surface area contributed by atoms with Crippen LogP contribution in [-0.4, -0.2) is 21.7 Å². The Morgan fingerprint density at radius 3 is 2.50 bits per heavy atom. The van der Waals surface area contributed by atoms with Crippen molar-refractivity contribution in [2.45, 2.75) is 13.2 Å². The Balaban J connectivity index is 1.94. The Morgan fingerprint density at radius 2 is 1.92 bits per heavy atom. The molecule has 1 unspecified atom stereocenters. The van der Waals surface area contributed by atoms with E-state index in [4.69, 9.17) is 16.3 Å². The van der Waals surface area contributed by atoms with Crippen molar-refractivity contribution in [3.63, 3.8) is 0 Å². The van der Waals surface area contributed by atoms with Crippen LogP contribution in [0.4, 0.5) is 5.69 Å². The zero-order valence-corrected chi connectivity index (χ0v) is 13.3. The number of hydrazone groups is 1. The molecule has 1 amide bonds. The van der Waals surface area contributed by atoms with Crippen molar-refractivity contribution in [3.05, 3.63) is 74.8 Å². The van der Waals surface area contributed by atoms with Crippen molar-refractivity contribution >= 4 is 29.1 Å². The maximum Gasteiger partial charge on any atom is 0.269 e. The first-order valence-electron chi connectivity index (χ1n) is 7.01. The second kappa shape index (κ2) is 6.29. The van der Waals surface area contributed by atoms with Crippen LogP contribution < -0.4 is 0 Å². The molecular formula is C16H12ClN3O4. The summed E-state index contributed by atoms with van der Waals surface area (Å²) < 4.78 is 5.79. The van der Waals surface area contributed by atoms with Crippen molar-refractivity contribution < 1.29 is 14.5 Å². The lowest BCUT2D eigenvalue weighted by molar-refractivity contribution is -0.384. The predicted molar refractivity (Wildman–Crippen MR) is 87.4 cm³/mol. The third-order valence-corrected chi connectivity index (χ3v) is 3.79. The van der Waals surface area contributed by atoms with Crippen molar-refractivity contribution in [2.24, 2.45) is 5.10 Å². The van der Waals surface area contributed by atoms with Gasteiger partial charge in [0.05, 0.1) is 15.5 Å². The van der Waals surface area contributed by atoms with Crippen LogP contribution >= 0.6 is 11.6 Å². The van der Waals surface area contributed by atoms with Crippen LogP contribution in [0, 0.1) is 10.1 Å². The van der Waals surface area contributed by atoms with Gasteiger partial charge < -0.3 is 4.74 Å². The fourth-order valence-corrected chi connectivity index (χ4v) is 2.50. The van der Waals surface area contributed by atoms with Crippen LogP contribution in [0.15, 0.2) is 53.6 Å². The first kappa shape index (κ1) is 15.9. The molecule has 0 radical (unpaired) electrons. The van der Waals surface area contributed by atoms with E-state index in [1.807, 2.05) is 0 Å². The molecule has 0 N–H and O–H groups in total. The number of hydrogen-bond acceptors (Lipinski definition) is 5. The number of halogens is 1. The van der Waals surface area contributed by atoms with Gasteiger partial charge in [-0.1, -0.05) is 23.7 Å². The second-order valence-corrected chi connectivity index (χ2v) is 5.47. The SMILES string of the molecule is CC(=O)N1N=C(c2ccccc2Cl)OC1c1ccc([N+](=O)[O-])cc1. The minimum atomic E-state index is -0.797. The van der Waals surface area contributed by atoms with Gasteiger partial charge in [-0.2, -0.15) is 5.01 Å². The number of non-ortho nitro benzene ring substituents is 1. The van der Waals surface area contributed by atoms with E-state index in [1.165, 1.54) is 36.2 Å². The second-order valence-electron chi connectivity index (χ2n) is 5.07. The van der Waals surface area contributed by atoms with Gasteiger partial charge in [-0.25, -0.2) is 0 Å². The average Bonchev–Trinajstić information content (AvgIpc) is 3.00. The van der Waals surface area contributed by atoms with E-state index in [1.54, 1.807) is 24.3 Å². The molecule has 3 rings (SSSR count). The number of nitrogens with zero attached hydrogens (tertiary/aromatic N) is 3. The van der Waals surface area contributed by atoms with E-state index in [-0.39, 0.29) is 17.5 Å². The summed E-state index contributed by atoms with van der Waals surface area (Å²) in [5, 5.41) is 16.6. The normalized spacial score (nSPS) is 16.5. The van der Waals surface area contributed by atoms with Gasteiger partial charge in [0.25, 0.3) is 5.69 Å². The van der Waals surface area contributed by atoms with Gasteiger partial charge in [-0.05, 0) is 24.3 Å². The first-order valence-corrected chi connectivity index (χ1v) is 7.39. The lowest BCUT2D eigenvalue weighted by Crippen LogP contribution is -2.25. The molecular weight excluding hydrogens is 334 g/mol. The highest BCUT2D eigenvalue weighted by Crippen LogP contribution is 2.32. The summed E-state index contributed by atoms with van der Waals surface area (Å²) in [6.07, 6.45) is -0.797. The lowest BCUT2D eigenvalue weighted by atomic mass is 10.1. The summed E-state index contributed by atoms with van der Waals surface area (Å²) in [5.41, 5.74) is 1.09. The molecule has 0 fully saturated rings. The van der Waals surface area contributed by atoms with Gasteiger partial charge in [0.2, 0.25) is 18.0 Å². The highest BCUT2D eigenvalue weighted by atomic mass is 35.5. The van der Waals surface area contributed by atoms with Crippen LogP contribution in [0.25, 0.3) is 0 Å². The number of benzene rings is 2. The highest BCUT2D eigenvalue weighted by molar-refractivity contribution is 6.33. The van der Waals surface area contributed by atoms with Crippen molar-refractivity contribution in [2.75, 3.05) is 0 Å². The van der Waals surface area contributed by atoms with E-state index in [2.05, 4.69) is 5.10 Å². The van der Waals surface area contributed by atoms with E-state index in [0.717, 1.165) is 0 Å². The molecule has 8 heteroatoms. The molecule has 2 aromatic rings. The summed E-state index contributed by atoms with van der Waals surface area (Å²) in [6.45, 7) is 1.36. The zero-order valence-electron chi connectivity index (χ0n) is 12.5. The standard InChI is InChI=1S/C16H12ClN3O4/c1-10(21)19-16(11-6-8-12(9-7-11)20(22)23)24-15(18-19)13-4-2-3-5-14(13)17/h2-9,16H,1H3. The number of nitro groups is 1. The molecule has 0 saturated carbocycles. The fourth-order valence-electron chi connectivity index (χ4n) is 2.29. The zero-order chi connectivity index (χ0) is 17.3. The monoisotopic (exact) mass is 345 g/mol. The van der Waals surface area contributed by atoms with Crippen LogP contribution in [0.3, 0.4) is 0 Å². The van der Waals surface area contributed by atoms with Crippen LogP contribution in [0.2, 0.25) is 5.02 Å². The van der Waals surface area contributed by atoms with Crippen molar-refractivity contribution in [1.82, 2.24) is 5.01 Å². The number of carbonyl (C=O) groups is 1. The Kier molecular flexibility index (Phi) is 4.18. The summed E-state index contributed by atoms with van der Waals surface area (Å²) in [4.78, 5) is 22.1. The third kappa shape index (κ3) is 2.93. The molecule has 0 spiro atoms. The molecule has 0 aromatic heterocycles. The van der Waals surface area contributed by atoms with Crippen molar-refractivity contribution in [3.8, 4) is 0 Å². The minimum Gasteiger partial charge on any atom is -0.446 e. The molecule has 0 saturated heterocycles. The molecule has 24 heavy (non-hydrogen) atoms. The maximum absolute atomic E-state index is 11.9. The Hall–Kier alpha value is -2.93. The lowest BCUT2D eigenvalue weighted by Gasteiger charge is -2.19. The van der Waals surface area contributed by atoms with Gasteiger partial charge in [0.1, 0.15) is 0 Å². The van der Waals surface area contributed by atoms with Gasteiger partial charge in [-0.3, -0.25) is 14.9 Å². The Bertz CT molecular complexity index is 835. The predicted octanol–water partition coefficient (Wildman–Crippen LogP) is 3.49. The van der Waals surface area contributed by atoms with Gasteiger partial charge in [0, 0.05) is 24.6 Å². The van der Waals surface area contributed by atoms with Gasteiger partial charge in [0.15, 0.2) is 0 Å². The summed E-state index contributed by atoms with van der Waals surface area (Å²) in [7, 11) is 0. The molecule has 1 atom stereocenters. The third-order valence-electron chi connectivity index (χ3n) is 3.46. The molecule has 0 aliphatic carbocycles. The summed E-state index contributed by atoms with van der Waals surface area (Å²) in [5.74, 6) is -0.0976. The number of rotatable bonds is 3. The number of hydrogen-bond donors (Lipinski definition) is 0. The molecule has 0 bridgehead atoms. The molecule has 1 aliphatic rings. The number of carbonyl (C=O) groups excluding carboxylic acids is 1. The summed E-state index contributed by atoms with van der Waals surface area (Å²) in [6, 6.07) is 12.8. The smallest absolute Gasteiger partial charge is 0.269 e. The maximum atomic E-state index is 11.9. The molecule has 1 aliphatic heterocycles. The fraction of sp³-hybridized carbons (Fsp3) is 0.125. The molecule has 2 aromatic carbocycles. The van der Waals surface area contributed by atoms with Crippen LogP contribution in [-0.2, 0) is 9.53 Å². The summed E-state index contributed by atoms with van der Waals surface area (Å²) >= 11 is 6.14. The van der Waals surface area contributed by atoms with Crippen LogP contribution in [0.5, 0.6) is 0 Å². The number of amides is 1. The topological polar surface area (TPSA) is 85.0 Å². The van der Waals surface area contributed by atoms with Gasteiger partial charge in [-0.15, -0.1) is 5.10 Å². The van der Waals surface area contributed by atoms with E-state index >= 15 is 0 Å². The van der Waals surface area contributed by atoms with E-state index in [0.29, 0.717) is 16.1 Å². The Morgan fingerprint density at radius 1 is 1.25 bits per heavy atom.